The Bertz CT molecular complexity index is 1020. The molecule has 1 aromatic carbocycles. The van der Waals surface area contributed by atoms with Gasteiger partial charge in [0.05, 0.1) is 18.5 Å². The van der Waals surface area contributed by atoms with Crippen molar-refractivity contribution < 1.29 is 13.9 Å². The Kier molecular flexibility index (Phi) is 5.06. The van der Waals surface area contributed by atoms with E-state index in [9.17, 15) is 9.18 Å². The molecular formula is C21H21FN4O2. The number of anilines is 2. The van der Waals surface area contributed by atoms with E-state index in [4.69, 9.17) is 10.5 Å². The van der Waals surface area contributed by atoms with E-state index >= 15 is 0 Å². The van der Waals surface area contributed by atoms with Crippen molar-refractivity contribution in [3.63, 3.8) is 0 Å². The summed E-state index contributed by atoms with van der Waals surface area (Å²) in [7, 11) is 0. The van der Waals surface area contributed by atoms with E-state index in [1.165, 1.54) is 19.0 Å². The van der Waals surface area contributed by atoms with Crippen molar-refractivity contribution in [2.45, 2.75) is 25.7 Å². The summed E-state index contributed by atoms with van der Waals surface area (Å²) >= 11 is 0. The quantitative estimate of drug-likeness (QED) is 0.693. The molecule has 1 aliphatic carbocycles. The van der Waals surface area contributed by atoms with E-state index in [-0.39, 0.29) is 11.4 Å². The Morgan fingerprint density at radius 1 is 1.21 bits per heavy atom. The number of aromatic nitrogens is 2. The van der Waals surface area contributed by atoms with Gasteiger partial charge in [-0.25, -0.2) is 14.4 Å². The summed E-state index contributed by atoms with van der Waals surface area (Å²) in [5.41, 5.74) is 6.63. The van der Waals surface area contributed by atoms with Crippen molar-refractivity contribution in [3.05, 3.63) is 54.2 Å². The molecule has 0 radical (unpaired) electrons. The molecule has 3 N–H and O–H groups in total. The lowest BCUT2D eigenvalue weighted by molar-refractivity contribution is 0.102. The van der Waals surface area contributed by atoms with Gasteiger partial charge in [-0.2, -0.15) is 0 Å². The number of pyridine rings is 2. The zero-order chi connectivity index (χ0) is 19.5. The Morgan fingerprint density at radius 2 is 2.04 bits per heavy atom. The number of halogens is 1. The third-order valence-electron chi connectivity index (χ3n) is 5.04. The number of nitrogen functional groups attached to an aromatic ring is 1. The van der Waals surface area contributed by atoms with Crippen molar-refractivity contribution in [1.29, 1.82) is 0 Å². The van der Waals surface area contributed by atoms with E-state index < -0.39 is 11.7 Å². The normalized spacial score (nSPS) is 14.3. The van der Waals surface area contributed by atoms with Crippen LogP contribution in [0, 0.1) is 11.7 Å². The Balaban J connectivity index is 1.57. The highest BCUT2D eigenvalue weighted by Crippen LogP contribution is 2.30. The van der Waals surface area contributed by atoms with Crippen LogP contribution >= 0.6 is 0 Å². The van der Waals surface area contributed by atoms with E-state index in [1.807, 2.05) is 0 Å². The Labute approximate surface area is 161 Å². The van der Waals surface area contributed by atoms with Gasteiger partial charge in [0.15, 0.2) is 5.69 Å². The van der Waals surface area contributed by atoms with Crippen molar-refractivity contribution in [1.82, 2.24) is 9.97 Å². The van der Waals surface area contributed by atoms with Crippen LogP contribution in [0.2, 0.25) is 0 Å². The zero-order valence-electron chi connectivity index (χ0n) is 15.3. The molecule has 2 aromatic heterocycles. The molecule has 4 rings (SSSR count). The minimum atomic E-state index is -0.475. The molecule has 28 heavy (non-hydrogen) atoms. The third kappa shape index (κ3) is 3.74. The summed E-state index contributed by atoms with van der Waals surface area (Å²) < 4.78 is 20.2. The molecule has 3 aromatic rings. The van der Waals surface area contributed by atoms with Crippen molar-refractivity contribution in [2.24, 2.45) is 5.92 Å². The average molecular weight is 380 g/mol. The molecule has 1 fully saturated rings. The average Bonchev–Trinajstić information content (AvgIpc) is 3.22. The second-order valence-electron chi connectivity index (χ2n) is 7.03. The van der Waals surface area contributed by atoms with Crippen LogP contribution in [0.15, 0.2) is 42.7 Å². The monoisotopic (exact) mass is 380 g/mol. The predicted molar refractivity (Wildman–Crippen MR) is 106 cm³/mol. The lowest BCUT2D eigenvalue weighted by atomic mass is 10.1. The number of nitrogens with zero attached hydrogens (tertiary/aromatic N) is 2. The highest BCUT2D eigenvalue weighted by molar-refractivity contribution is 6.07. The number of hydrogen-bond donors (Lipinski definition) is 2. The Morgan fingerprint density at radius 3 is 2.82 bits per heavy atom. The number of nitrogens with two attached hydrogens (primary N) is 1. The topological polar surface area (TPSA) is 90.1 Å². The summed E-state index contributed by atoms with van der Waals surface area (Å²) in [6.45, 7) is 0.588. The maximum atomic E-state index is 14.3. The first-order chi connectivity index (χ1) is 13.6. The molecule has 1 aliphatic rings. The summed E-state index contributed by atoms with van der Waals surface area (Å²) in [5.74, 6) is 0.0146. The van der Waals surface area contributed by atoms with Crippen LogP contribution < -0.4 is 15.8 Å². The molecule has 7 heteroatoms. The lowest BCUT2D eigenvalue weighted by Gasteiger charge is -2.13. The number of hydrogen-bond acceptors (Lipinski definition) is 5. The molecule has 0 aliphatic heterocycles. The van der Waals surface area contributed by atoms with Gasteiger partial charge in [-0.1, -0.05) is 12.8 Å². The second kappa shape index (κ2) is 7.80. The SMILES string of the molecule is Nc1cccnc1C(=O)Nc1ccc2c(OCC3CCCC3)ncc(F)c2c1. The van der Waals surface area contributed by atoms with Gasteiger partial charge >= 0.3 is 0 Å². The van der Waals surface area contributed by atoms with Crippen LogP contribution in [0.1, 0.15) is 36.2 Å². The number of rotatable bonds is 5. The number of nitrogens with one attached hydrogen (secondary N) is 1. The predicted octanol–water partition coefficient (Wildman–Crippen LogP) is 4.17. The van der Waals surface area contributed by atoms with Gasteiger partial charge in [-0.15, -0.1) is 0 Å². The van der Waals surface area contributed by atoms with Crippen LogP contribution in [-0.2, 0) is 0 Å². The van der Waals surface area contributed by atoms with Crippen LogP contribution in [0.3, 0.4) is 0 Å². The van der Waals surface area contributed by atoms with E-state index in [0.717, 1.165) is 19.0 Å². The van der Waals surface area contributed by atoms with Gasteiger partial charge in [0.25, 0.3) is 5.91 Å². The van der Waals surface area contributed by atoms with Gasteiger partial charge in [0.2, 0.25) is 5.88 Å². The molecule has 144 valence electrons. The summed E-state index contributed by atoms with van der Waals surface area (Å²) in [6, 6.07) is 8.20. The first kappa shape index (κ1) is 18.2. The number of ether oxygens (including phenoxy) is 1. The largest absolute Gasteiger partial charge is 0.477 e. The van der Waals surface area contributed by atoms with Gasteiger partial charge in [-0.3, -0.25) is 4.79 Å². The lowest BCUT2D eigenvalue weighted by Crippen LogP contribution is -2.15. The van der Waals surface area contributed by atoms with Gasteiger partial charge in [0.1, 0.15) is 5.82 Å². The fraction of sp³-hybridized carbons (Fsp3) is 0.286. The number of carbonyl (C=O) groups excluding carboxylic acids is 1. The van der Waals surface area contributed by atoms with Crippen molar-refractivity contribution >= 4 is 28.1 Å². The zero-order valence-corrected chi connectivity index (χ0v) is 15.3. The first-order valence-electron chi connectivity index (χ1n) is 9.34. The highest BCUT2D eigenvalue weighted by Gasteiger charge is 2.18. The van der Waals surface area contributed by atoms with Crippen molar-refractivity contribution in [2.75, 3.05) is 17.7 Å². The summed E-state index contributed by atoms with van der Waals surface area (Å²) in [5, 5.41) is 3.62. The maximum absolute atomic E-state index is 14.3. The number of benzene rings is 1. The van der Waals surface area contributed by atoms with E-state index in [2.05, 4.69) is 15.3 Å². The minimum Gasteiger partial charge on any atom is -0.477 e. The van der Waals surface area contributed by atoms with Gasteiger partial charge in [0, 0.05) is 22.7 Å². The van der Waals surface area contributed by atoms with Crippen LogP contribution in [0.5, 0.6) is 5.88 Å². The van der Waals surface area contributed by atoms with E-state index in [1.54, 1.807) is 30.3 Å². The summed E-state index contributed by atoms with van der Waals surface area (Å²) in [6.07, 6.45) is 7.42. The van der Waals surface area contributed by atoms with Crippen LogP contribution in [0.4, 0.5) is 15.8 Å². The third-order valence-corrected chi connectivity index (χ3v) is 5.04. The molecule has 0 spiro atoms. The fourth-order valence-electron chi connectivity index (χ4n) is 3.55. The highest BCUT2D eigenvalue weighted by atomic mass is 19.1. The second-order valence-corrected chi connectivity index (χ2v) is 7.03. The summed E-state index contributed by atoms with van der Waals surface area (Å²) in [4.78, 5) is 20.5. The molecule has 0 atom stereocenters. The number of fused-ring (bicyclic) bond motifs is 1. The standard InChI is InChI=1S/C21H21FN4O2/c22-17-11-25-21(28-12-13-4-1-2-5-13)15-8-7-14(10-16(15)17)26-20(27)19-18(23)6-3-9-24-19/h3,6-11,13H,1-2,4-5,12,23H2,(H,26,27). The number of carbonyl (C=O) groups is 1. The molecule has 6 nitrogen and oxygen atoms in total. The van der Waals surface area contributed by atoms with E-state index in [0.29, 0.717) is 34.9 Å². The smallest absolute Gasteiger partial charge is 0.276 e. The fourth-order valence-corrected chi connectivity index (χ4v) is 3.55. The molecule has 2 heterocycles. The number of amides is 1. The molecule has 0 unspecified atom stereocenters. The molecule has 0 bridgehead atoms. The van der Waals surface area contributed by atoms with Gasteiger partial charge < -0.3 is 15.8 Å². The molecule has 0 saturated heterocycles. The van der Waals surface area contributed by atoms with Crippen LogP contribution in [-0.4, -0.2) is 22.5 Å². The minimum absolute atomic E-state index is 0.124. The van der Waals surface area contributed by atoms with Crippen LogP contribution in [0.25, 0.3) is 10.8 Å². The molecule has 1 saturated carbocycles. The van der Waals surface area contributed by atoms with Crippen molar-refractivity contribution in [3.8, 4) is 5.88 Å². The molecule has 1 amide bonds. The Hall–Kier alpha value is -3.22. The molecular weight excluding hydrogens is 359 g/mol. The maximum Gasteiger partial charge on any atom is 0.276 e. The van der Waals surface area contributed by atoms with Gasteiger partial charge in [-0.05, 0) is 49.1 Å². The first-order valence-corrected chi connectivity index (χ1v) is 9.34.